The lowest BCUT2D eigenvalue weighted by Gasteiger charge is -2.05. The second kappa shape index (κ2) is 8.43. The van der Waals surface area contributed by atoms with Crippen LogP contribution in [-0.2, 0) is 0 Å². The third-order valence-corrected chi connectivity index (χ3v) is 3.41. The minimum atomic E-state index is 0.545. The van der Waals surface area contributed by atoms with Gasteiger partial charge in [0.25, 0.3) is 0 Å². The SMILES string of the molecule is C/C(=N\Nc1cc(N/N=C(\C)c2ccccn2)ncn1)c1ccccn1. The molecule has 0 atom stereocenters. The highest BCUT2D eigenvalue weighted by Crippen LogP contribution is 2.09. The lowest BCUT2D eigenvalue weighted by atomic mass is 10.3. The number of anilines is 2. The van der Waals surface area contributed by atoms with Crippen molar-refractivity contribution < 1.29 is 0 Å². The molecule has 0 unspecified atom stereocenters. The third kappa shape index (κ3) is 4.67. The van der Waals surface area contributed by atoms with Gasteiger partial charge in [-0.25, -0.2) is 9.97 Å². The third-order valence-electron chi connectivity index (χ3n) is 3.41. The number of rotatable bonds is 6. The predicted molar refractivity (Wildman–Crippen MR) is 102 cm³/mol. The molecule has 8 nitrogen and oxygen atoms in total. The van der Waals surface area contributed by atoms with Gasteiger partial charge in [-0.3, -0.25) is 20.8 Å². The van der Waals surface area contributed by atoms with Gasteiger partial charge >= 0.3 is 0 Å². The molecule has 2 N–H and O–H groups in total. The summed E-state index contributed by atoms with van der Waals surface area (Å²) in [5.74, 6) is 1.09. The first-order chi connectivity index (χ1) is 12.7. The van der Waals surface area contributed by atoms with Crippen molar-refractivity contribution in [2.45, 2.75) is 13.8 Å². The van der Waals surface area contributed by atoms with Gasteiger partial charge in [0.2, 0.25) is 0 Å². The molecule has 0 aromatic carbocycles. The van der Waals surface area contributed by atoms with Crippen molar-refractivity contribution >= 4 is 23.1 Å². The van der Waals surface area contributed by atoms with Crippen LogP contribution in [0.2, 0.25) is 0 Å². The number of aromatic nitrogens is 4. The number of hydrogen-bond acceptors (Lipinski definition) is 8. The van der Waals surface area contributed by atoms with E-state index in [0.29, 0.717) is 11.6 Å². The Labute approximate surface area is 151 Å². The summed E-state index contributed by atoms with van der Waals surface area (Å²) >= 11 is 0. The van der Waals surface area contributed by atoms with Gasteiger partial charge in [-0.15, -0.1) is 0 Å². The Morgan fingerprint density at radius 3 is 1.65 bits per heavy atom. The molecule has 0 radical (unpaired) electrons. The zero-order valence-corrected chi connectivity index (χ0v) is 14.5. The molecule has 8 heteroatoms. The van der Waals surface area contributed by atoms with E-state index in [1.54, 1.807) is 18.5 Å². The first-order valence-corrected chi connectivity index (χ1v) is 7.98. The molecule has 0 aliphatic carbocycles. The molecular weight excluding hydrogens is 328 g/mol. The van der Waals surface area contributed by atoms with Crippen LogP contribution in [-0.4, -0.2) is 31.4 Å². The van der Waals surface area contributed by atoms with Crippen molar-refractivity contribution in [3.05, 3.63) is 72.6 Å². The smallest absolute Gasteiger partial charge is 0.151 e. The molecule has 0 aliphatic heterocycles. The highest BCUT2D eigenvalue weighted by molar-refractivity contribution is 5.97. The predicted octanol–water partition coefficient (Wildman–Crippen LogP) is 2.94. The maximum atomic E-state index is 4.29. The minimum absolute atomic E-state index is 0.545. The highest BCUT2D eigenvalue weighted by atomic mass is 15.3. The minimum Gasteiger partial charge on any atom is -0.261 e. The second-order valence-electron chi connectivity index (χ2n) is 5.34. The van der Waals surface area contributed by atoms with Crippen LogP contribution in [0.4, 0.5) is 11.6 Å². The van der Waals surface area contributed by atoms with Gasteiger partial charge in [-0.1, -0.05) is 12.1 Å². The van der Waals surface area contributed by atoms with Crippen LogP contribution < -0.4 is 10.9 Å². The molecule has 3 aromatic rings. The normalized spacial score (nSPS) is 11.9. The Morgan fingerprint density at radius 1 is 0.731 bits per heavy atom. The molecular formula is C18H18N8. The van der Waals surface area contributed by atoms with Crippen molar-refractivity contribution in [2.24, 2.45) is 10.2 Å². The summed E-state index contributed by atoms with van der Waals surface area (Å²) in [6.07, 6.45) is 4.88. The summed E-state index contributed by atoms with van der Waals surface area (Å²) in [5.41, 5.74) is 8.89. The Bertz CT molecular complexity index is 834. The van der Waals surface area contributed by atoms with E-state index >= 15 is 0 Å². The van der Waals surface area contributed by atoms with Crippen LogP contribution in [0, 0.1) is 0 Å². The van der Waals surface area contributed by atoms with Crippen LogP contribution in [0.1, 0.15) is 25.2 Å². The molecule has 3 rings (SSSR count). The quantitative estimate of drug-likeness (QED) is 0.526. The van der Waals surface area contributed by atoms with E-state index in [9.17, 15) is 0 Å². The zero-order chi connectivity index (χ0) is 18.2. The topological polar surface area (TPSA) is 100 Å². The van der Waals surface area contributed by atoms with Crippen molar-refractivity contribution in [3.63, 3.8) is 0 Å². The number of hydrogen-bond donors (Lipinski definition) is 2. The zero-order valence-electron chi connectivity index (χ0n) is 14.5. The van der Waals surface area contributed by atoms with Crippen LogP contribution in [0.25, 0.3) is 0 Å². The molecule has 0 fully saturated rings. The molecule has 26 heavy (non-hydrogen) atoms. The summed E-state index contributed by atoms with van der Waals surface area (Å²) in [4.78, 5) is 16.8. The maximum Gasteiger partial charge on any atom is 0.151 e. The lowest BCUT2D eigenvalue weighted by Crippen LogP contribution is -2.05. The Balaban J connectivity index is 1.67. The van der Waals surface area contributed by atoms with Gasteiger partial charge in [0.05, 0.1) is 22.8 Å². The number of nitrogens with one attached hydrogen (secondary N) is 2. The fourth-order valence-corrected chi connectivity index (χ4v) is 2.03. The van der Waals surface area contributed by atoms with E-state index in [1.165, 1.54) is 6.33 Å². The van der Waals surface area contributed by atoms with E-state index in [1.807, 2.05) is 50.2 Å². The number of hydrazone groups is 2. The molecule has 3 aromatic heterocycles. The summed E-state index contributed by atoms with van der Waals surface area (Å²) in [5, 5.41) is 8.58. The van der Waals surface area contributed by atoms with Gasteiger partial charge < -0.3 is 0 Å². The molecule has 0 saturated heterocycles. The Kier molecular flexibility index (Phi) is 5.56. The van der Waals surface area contributed by atoms with Crippen molar-refractivity contribution in [1.29, 1.82) is 0 Å². The summed E-state index contributed by atoms with van der Waals surface area (Å²) < 4.78 is 0. The molecule has 3 heterocycles. The Hall–Kier alpha value is -3.68. The fraction of sp³-hybridized carbons (Fsp3) is 0.111. The Morgan fingerprint density at radius 2 is 1.23 bits per heavy atom. The van der Waals surface area contributed by atoms with Crippen molar-refractivity contribution in [2.75, 3.05) is 10.9 Å². The highest BCUT2D eigenvalue weighted by Gasteiger charge is 2.01. The van der Waals surface area contributed by atoms with Crippen molar-refractivity contribution in [1.82, 2.24) is 19.9 Å². The van der Waals surface area contributed by atoms with E-state index in [4.69, 9.17) is 0 Å². The van der Waals surface area contributed by atoms with Crippen LogP contribution in [0.3, 0.4) is 0 Å². The molecule has 0 amide bonds. The average molecular weight is 346 g/mol. The summed E-state index contributed by atoms with van der Waals surface area (Å²) in [6, 6.07) is 13.0. The van der Waals surface area contributed by atoms with Gasteiger partial charge in [0, 0.05) is 18.5 Å². The van der Waals surface area contributed by atoms with E-state index in [-0.39, 0.29) is 0 Å². The van der Waals surface area contributed by atoms with E-state index < -0.39 is 0 Å². The molecule has 0 saturated carbocycles. The summed E-state index contributed by atoms with van der Waals surface area (Å²) in [6.45, 7) is 3.74. The fourth-order valence-electron chi connectivity index (χ4n) is 2.03. The molecule has 0 aliphatic rings. The van der Waals surface area contributed by atoms with Gasteiger partial charge in [-0.2, -0.15) is 10.2 Å². The van der Waals surface area contributed by atoms with Crippen molar-refractivity contribution in [3.8, 4) is 0 Å². The summed E-state index contributed by atoms with van der Waals surface area (Å²) in [7, 11) is 0. The largest absolute Gasteiger partial charge is 0.261 e. The van der Waals surface area contributed by atoms with E-state index in [2.05, 4.69) is 41.0 Å². The molecule has 0 bridgehead atoms. The van der Waals surface area contributed by atoms with Crippen LogP contribution >= 0.6 is 0 Å². The van der Waals surface area contributed by atoms with Crippen LogP contribution in [0.5, 0.6) is 0 Å². The first kappa shape index (κ1) is 17.2. The monoisotopic (exact) mass is 346 g/mol. The average Bonchev–Trinajstić information content (AvgIpc) is 2.72. The van der Waals surface area contributed by atoms with Gasteiger partial charge in [0.15, 0.2) is 11.6 Å². The molecule has 0 spiro atoms. The van der Waals surface area contributed by atoms with Gasteiger partial charge in [-0.05, 0) is 38.1 Å². The van der Waals surface area contributed by atoms with Gasteiger partial charge in [0.1, 0.15) is 6.33 Å². The number of nitrogens with zero attached hydrogens (tertiary/aromatic N) is 6. The first-order valence-electron chi connectivity index (χ1n) is 7.98. The lowest BCUT2D eigenvalue weighted by molar-refractivity contribution is 1.11. The molecule has 130 valence electrons. The van der Waals surface area contributed by atoms with E-state index in [0.717, 1.165) is 22.8 Å². The number of pyridine rings is 2. The second-order valence-corrected chi connectivity index (χ2v) is 5.34. The maximum absolute atomic E-state index is 4.29. The van der Waals surface area contributed by atoms with Crippen LogP contribution in [0.15, 0.2) is 71.4 Å². The standard InChI is InChI=1S/C18H18N8/c1-13(15-7-3-5-9-19-15)23-25-17-11-18(22-12-21-17)26-24-14(2)16-8-4-6-10-20-16/h3-12H,1-2H3,(H2,21,22,25,26)/b23-13+,24-14+.